The molecule has 3 aromatic carbocycles. The molecule has 228 valence electrons. The summed E-state index contributed by atoms with van der Waals surface area (Å²) >= 11 is 30.6. The van der Waals surface area contributed by atoms with Crippen LogP contribution in [0.2, 0.25) is 15.1 Å². The normalized spacial score (nSPS) is 17.5. The van der Waals surface area contributed by atoms with Crippen LogP contribution in [0, 0.1) is 29.2 Å². The van der Waals surface area contributed by atoms with E-state index < -0.39 is 98.3 Å². The predicted molar refractivity (Wildman–Crippen MR) is 146 cm³/mol. The predicted octanol–water partition coefficient (Wildman–Crippen LogP) is 8.83. The van der Waals surface area contributed by atoms with Gasteiger partial charge in [-0.2, -0.15) is 13.2 Å². The number of hydrogen-bond acceptors (Lipinski definition) is 3. The van der Waals surface area contributed by atoms with Gasteiger partial charge in [0.05, 0.1) is 26.5 Å². The minimum atomic E-state index is -5.38. The summed E-state index contributed by atoms with van der Waals surface area (Å²) in [6.45, 7) is 0. The molecule has 1 N–H and O–H groups in total. The summed E-state index contributed by atoms with van der Waals surface area (Å²) in [6.07, 6.45) is -8.13. The Kier molecular flexibility index (Phi) is 9.36. The van der Waals surface area contributed by atoms with Crippen LogP contribution in [0.3, 0.4) is 0 Å². The summed E-state index contributed by atoms with van der Waals surface area (Å²) in [5, 5.41) is 2.42. The molecule has 1 fully saturated rings. The molecule has 3 aromatic rings. The van der Waals surface area contributed by atoms with E-state index in [9.17, 15) is 45.1 Å². The quantitative estimate of drug-likeness (QED) is 0.110. The van der Waals surface area contributed by atoms with Crippen molar-refractivity contribution < 1.29 is 45.1 Å². The first-order valence-electron chi connectivity index (χ1n) is 11.8. The van der Waals surface area contributed by atoms with E-state index in [0.29, 0.717) is 23.8 Å². The monoisotopic (exact) mass is 707 g/mol. The summed E-state index contributed by atoms with van der Waals surface area (Å²) in [5.41, 5.74) is -3.00. The summed E-state index contributed by atoms with van der Waals surface area (Å²) < 4.78 is 94.0. The molecule has 0 saturated heterocycles. The van der Waals surface area contributed by atoms with Gasteiger partial charge in [0.15, 0.2) is 17.4 Å². The van der Waals surface area contributed by atoms with Crippen molar-refractivity contribution in [2.24, 2.45) is 5.92 Å². The molecule has 0 aliphatic heterocycles. The number of carbonyl (C=O) groups excluding carboxylic acids is 3. The van der Waals surface area contributed by atoms with Crippen molar-refractivity contribution in [3.63, 3.8) is 0 Å². The smallest absolute Gasteiger partial charge is 0.326 e. The van der Waals surface area contributed by atoms with Gasteiger partial charge in [-0.3, -0.25) is 14.4 Å². The lowest BCUT2D eigenvalue weighted by atomic mass is 9.97. The van der Waals surface area contributed by atoms with Gasteiger partial charge in [0.2, 0.25) is 11.7 Å². The van der Waals surface area contributed by atoms with Gasteiger partial charge in [-0.15, -0.1) is 23.2 Å². The molecule has 0 aromatic heterocycles. The van der Waals surface area contributed by atoms with E-state index in [1.54, 1.807) is 0 Å². The molecule has 1 saturated carbocycles. The summed E-state index contributed by atoms with van der Waals surface area (Å²) in [5.74, 6) is -13.0. The van der Waals surface area contributed by atoms with Crippen molar-refractivity contribution >= 4 is 81.2 Å². The number of Topliss-reactive ketones (excluding diaryl/α,β-unsaturated/α-hetero) is 2. The molecule has 1 aliphatic carbocycles. The van der Waals surface area contributed by atoms with E-state index in [0.717, 1.165) is 6.07 Å². The van der Waals surface area contributed by atoms with Crippen molar-refractivity contribution in [3.05, 3.63) is 97.0 Å². The van der Waals surface area contributed by atoms with Crippen LogP contribution >= 0.6 is 58.0 Å². The first-order chi connectivity index (χ1) is 19.8. The lowest BCUT2D eigenvalue weighted by Gasteiger charge is -2.12. The molecule has 0 unspecified atom stereocenters. The van der Waals surface area contributed by atoms with Crippen molar-refractivity contribution in [1.29, 1.82) is 0 Å². The van der Waals surface area contributed by atoms with Crippen LogP contribution in [0.25, 0.3) is 0 Å². The van der Waals surface area contributed by atoms with E-state index in [4.69, 9.17) is 58.0 Å². The van der Waals surface area contributed by atoms with Gasteiger partial charge in [-0.25, -0.2) is 17.6 Å². The van der Waals surface area contributed by atoms with E-state index in [1.807, 2.05) is 0 Å². The molecule has 1 amide bonds. The number of amides is 1. The largest absolute Gasteiger partial charge is 0.450 e. The third kappa shape index (κ3) is 6.76. The number of alkyl halides is 5. The summed E-state index contributed by atoms with van der Waals surface area (Å²) in [7, 11) is 0. The average molecular weight is 710 g/mol. The van der Waals surface area contributed by atoms with Crippen LogP contribution in [0.5, 0.6) is 0 Å². The SMILES string of the molecule is O=C(Cc1ccc(F)c(CC(=O)C(F)(F)F)c1F)c1cc(NC(=O)[C@H]2[C@H](c3cc(Cl)c(Cl)c(Cl)c3)C2(Cl)Cl)cc(F)c1F. The maximum atomic E-state index is 14.8. The lowest BCUT2D eigenvalue weighted by molar-refractivity contribution is -0.170. The molecule has 43 heavy (non-hydrogen) atoms. The molecule has 0 heterocycles. The van der Waals surface area contributed by atoms with Crippen molar-refractivity contribution in [2.75, 3.05) is 5.32 Å². The van der Waals surface area contributed by atoms with Gasteiger partial charge in [0.25, 0.3) is 0 Å². The molecule has 4 nitrogen and oxygen atoms in total. The zero-order valence-corrected chi connectivity index (χ0v) is 24.6. The van der Waals surface area contributed by atoms with E-state index in [-0.39, 0.29) is 15.1 Å². The summed E-state index contributed by atoms with van der Waals surface area (Å²) in [6, 6.07) is 5.27. The second-order valence-electron chi connectivity index (χ2n) is 9.43. The Morgan fingerprint density at radius 3 is 2.02 bits per heavy atom. The van der Waals surface area contributed by atoms with Crippen LogP contribution in [-0.4, -0.2) is 28.0 Å². The van der Waals surface area contributed by atoms with Crippen LogP contribution < -0.4 is 5.32 Å². The Morgan fingerprint density at radius 1 is 0.837 bits per heavy atom. The maximum absolute atomic E-state index is 14.8. The van der Waals surface area contributed by atoms with Crippen molar-refractivity contribution in [3.8, 4) is 0 Å². The number of anilines is 1. The van der Waals surface area contributed by atoms with E-state index in [1.165, 1.54) is 12.1 Å². The average Bonchev–Trinajstić information content (AvgIpc) is 3.49. The Balaban J connectivity index is 1.56. The minimum absolute atomic E-state index is 0.0500. The molecule has 1 aliphatic rings. The minimum Gasteiger partial charge on any atom is -0.326 e. The number of halogens is 12. The molecule has 16 heteroatoms. The number of carbonyl (C=O) groups is 3. The lowest BCUT2D eigenvalue weighted by Crippen LogP contribution is -2.25. The van der Waals surface area contributed by atoms with E-state index in [2.05, 4.69) is 5.32 Å². The molecular formula is C27H13Cl5F7NO3. The van der Waals surface area contributed by atoms with Crippen LogP contribution in [0.1, 0.15) is 33.0 Å². The number of benzene rings is 3. The molecule has 0 radical (unpaired) electrons. The first kappa shape index (κ1) is 33.3. The second kappa shape index (κ2) is 12.1. The number of ketones is 2. The van der Waals surface area contributed by atoms with Crippen LogP contribution in [0.4, 0.5) is 36.4 Å². The van der Waals surface area contributed by atoms with Gasteiger partial charge >= 0.3 is 6.18 Å². The van der Waals surface area contributed by atoms with Crippen molar-refractivity contribution in [2.45, 2.75) is 29.3 Å². The fraction of sp³-hybridized carbons (Fsp3) is 0.222. The highest BCUT2D eigenvalue weighted by Crippen LogP contribution is 2.65. The molecule has 0 bridgehead atoms. The van der Waals surface area contributed by atoms with Gasteiger partial charge in [-0.05, 0) is 35.4 Å². The standard InChI is InChI=1S/C27H13Cl5F7NO3/c28-14-3-10(4-15(29)22(14)30)20-21(26(20,31)32)25(43)40-11-6-13(24(36)17(34)7-11)18(41)5-9-1-2-16(33)12(23(9)35)8-19(42)27(37,38)39/h1-4,6-7,20-21H,5,8H2,(H,40,43)/t20-,21+/m0/s1. The fourth-order valence-electron chi connectivity index (χ4n) is 4.38. The highest BCUT2D eigenvalue weighted by atomic mass is 35.5. The molecular weight excluding hydrogens is 697 g/mol. The van der Waals surface area contributed by atoms with Crippen LogP contribution in [-0.2, 0) is 22.4 Å². The third-order valence-corrected chi connectivity index (χ3v) is 8.71. The second-order valence-corrected chi connectivity index (χ2v) is 12.1. The Hall–Kier alpha value is -2.57. The Labute approximate surface area is 263 Å². The molecule has 0 spiro atoms. The van der Waals surface area contributed by atoms with Crippen LogP contribution in [0.15, 0.2) is 36.4 Å². The Morgan fingerprint density at radius 2 is 1.44 bits per heavy atom. The van der Waals surface area contributed by atoms with E-state index >= 15 is 0 Å². The summed E-state index contributed by atoms with van der Waals surface area (Å²) in [4.78, 5) is 37.1. The first-order valence-corrected chi connectivity index (χ1v) is 13.6. The topological polar surface area (TPSA) is 63.2 Å². The highest BCUT2D eigenvalue weighted by Gasteiger charge is 2.67. The Bertz CT molecular complexity index is 1660. The van der Waals surface area contributed by atoms with Crippen molar-refractivity contribution in [1.82, 2.24) is 0 Å². The van der Waals surface area contributed by atoms with Gasteiger partial charge in [-0.1, -0.05) is 40.9 Å². The number of hydrogen-bond donors (Lipinski definition) is 1. The fourth-order valence-corrected chi connectivity index (χ4v) is 5.82. The molecule has 2 atom stereocenters. The number of rotatable bonds is 8. The van der Waals surface area contributed by atoms with Gasteiger partial charge < -0.3 is 5.32 Å². The third-order valence-electron chi connectivity index (χ3n) is 6.57. The zero-order valence-electron chi connectivity index (χ0n) is 20.8. The molecule has 4 rings (SSSR count). The van der Waals surface area contributed by atoms with Gasteiger partial charge in [0, 0.05) is 36.1 Å². The maximum Gasteiger partial charge on any atom is 0.450 e. The number of nitrogens with one attached hydrogen (secondary N) is 1. The zero-order chi connectivity index (χ0) is 32.2. The van der Waals surface area contributed by atoms with Gasteiger partial charge in [0.1, 0.15) is 16.0 Å². The highest BCUT2D eigenvalue weighted by molar-refractivity contribution is 6.54.